The van der Waals surface area contributed by atoms with E-state index >= 15 is 0 Å². The zero-order valence-electron chi connectivity index (χ0n) is 8.30. The smallest absolute Gasteiger partial charge is 0.272 e. The van der Waals surface area contributed by atoms with E-state index in [1.54, 1.807) is 0 Å². The van der Waals surface area contributed by atoms with Gasteiger partial charge in [-0.15, -0.1) is 0 Å². The van der Waals surface area contributed by atoms with E-state index in [0.717, 1.165) is 0 Å². The van der Waals surface area contributed by atoms with E-state index in [4.69, 9.17) is 9.84 Å². The van der Waals surface area contributed by atoms with Gasteiger partial charge < -0.3 is 24.6 Å². The van der Waals surface area contributed by atoms with Crippen molar-refractivity contribution in [3.63, 3.8) is 0 Å². The quantitative estimate of drug-likeness (QED) is 0.533. The molecule has 4 unspecified atom stereocenters. The molecule has 0 bridgehead atoms. The maximum Gasteiger partial charge on any atom is 0.272 e. The normalized spacial score (nSPS) is 34.2. The number of rotatable bonds is 2. The SMILES string of the molecule is O=c1ccn(C2OC(CO)C(O)C2O)cn1. The van der Waals surface area contributed by atoms with Crippen LogP contribution in [-0.2, 0) is 4.74 Å². The second-order valence-corrected chi connectivity index (χ2v) is 3.57. The van der Waals surface area contributed by atoms with Crippen molar-refractivity contribution in [3.05, 3.63) is 28.9 Å². The summed E-state index contributed by atoms with van der Waals surface area (Å²) >= 11 is 0. The van der Waals surface area contributed by atoms with E-state index in [0.29, 0.717) is 0 Å². The molecule has 0 spiro atoms. The molecular weight excluding hydrogens is 216 g/mol. The Morgan fingerprint density at radius 2 is 2.19 bits per heavy atom. The fourth-order valence-electron chi connectivity index (χ4n) is 1.63. The predicted molar refractivity (Wildman–Crippen MR) is 51.5 cm³/mol. The lowest BCUT2D eigenvalue weighted by atomic mass is 10.1. The third kappa shape index (κ3) is 1.85. The van der Waals surface area contributed by atoms with Crippen molar-refractivity contribution in [1.29, 1.82) is 0 Å². The summed E-state index contributed by atoms with van der Waals surface area (Å²) in [7, 11) is 0. The second kappa shape index (κ2) is 4.30. The third-order valence-electron chi connectivity index (χ3n) is 2.52. The Labute approximate surface area is 90.6 Å². The molecule has 0 saturated carbocycles. The summed E-state index contributed by atoms with van der Waals surface area (Å²) < 4.78 is 6.60. The van der Waals surface area contributed by atoms with Crippen LogP contribution in [0.3, 0.4) is 0 Å². The lowest BCUT2D eigenvalue weighted by Crippen LogP contribution is -2.33. The maximum absolute atomic E-state index is 10.8. The Morgan fingerprint density at radius 3 is 2.69 bits per heavy atom. The van der Waals surface area contributed by atoms with Gasteiger partial charge in [0, 0.05) is 12.3 Å². The highest BCUT2D eigenvalue weighted by Crippen LogP contribution is 2.28. The molecule has 3 N–H and O–H groups in total. The van der Waals surface area contributed by atoms with E-state index in [9.17, 15) is 15.0 Å². The van der Waals surface area contributed by atoms with Crippen LogP contribution in [-0.4, -0.2) is 49.8 Å². The fraction of sp³-hybridized carbons (Fsp3) is 0.556. The van der Waals surface area contributed by atoms with Crippen molar-refractivity contribution >= 4 is 0 Å². The van der Waals surface area contributed by atoms with Crippen molar-refractivity contribution in [3.8, 4) is 0 Å². The zero-order chi connectivity index (χ0) is 11.7. The number of hydrogen-bond donors (Lipinski definition) is 3. The molecule has 0 amide bonds. The van der Waals surface area contributed by atoms with Gasteiger partial charge in [-0.05, 0) is 0 Å². The molecular formula is C9H12N2O5. The Morgan fingerprint density at radius 1 is 1.44 bits per heavy atom. The minimum atomic E-state index is -1.17. The number of hydrogen-bond acceptors (Lipinski definition) is 6. The van der Waals surface area contributed by atoms with Crippen molar-refractivity contribution in [2.45, 2.75) is 24.5 Å². The first-order valence-corrected chi connectivity index (χ1v) is 4.79. The van der Waals surface area contributed by atoms with Crippen LogP contribution in [0.2, 0.25) is 0 Å². The van der Waals surface area contributed by atoms with Gasteiger partial charge in [-0.2, -0.15) is 4.98 Å². The lowest BCUT2D eigenvalue weighted by molar-refractivity contribution is -0.0534. The van der Waals surface area contributed by atoms with Crippen LogP contribution in [0.4, 0.5) is 0 Å². The Hall–Kier alpha value is -1.28. The van der Waals surface area contributed by atoms with E-state index in [2.05, 4.69) is 4.98 Å². The summed E-state index contributed by atoms with van der Waals surface area (Å²) in [6.07, 6.45) is -1.39. The molecule has 16 heavy (non-hydrogen) atoms. The molecule has 2 rings (SSSR count). The minimum absolute atomic E-state index is 0.387. The van der Waals surface area contributed by atoms with Crippen molar-refractivity contribution in [2.75, 3.05) is 6.61 Å². The number of aliphatic hydroxyl groups is 3. The first-order valence-electron chi connectivity index (χ1n) is 4.79. The fourth-order valence-corrected chi connectivity index (χ4v) is 1.63. The maximum atomic E-state index is 10.8. The summed E-state index contributed by atoms with van der Waals surface area (Å²) in [6.45, 7) is -0.387. The van der Waals surface area contributed by atoms with Crippen molar-refractivity contribution < 1.29 is 20.1 Å². The molecule has 0 aromatic carbocycles. The van der Waals surface area contributed by atoms with Gasteiger partial charge in [0.25, 0.3) is 5.56 Å². The van der Waals surface area contributed by atoms with Crippen LogP contribution in [0.5, 0.6) is 0 Å². The van der Waals surface area contributed by atoms with E-state index in [-0.39, 0.29) is 6.61 Å². The van der Waals surface area contributed by atoms with Crippen LogP contribution in [0.15, 0.2) is 23.4 Å². The molecule has 0 radical (unpaired) electrons. The number of aromatic nitrogens is 2. The van der Waals surface area contributed by atoms with Crippen molar-refractivity contribution in [2.24, 2.45) is 0 Å². The zero-order valence-corrected chi connectivity index (χ0v) is 8.30. The lowest BCUT2D eigenvalue weighted by Gasteiger charge is -2.17. The standard InChI is InChI=1S/C9H12N2O5/c12-3-5-7(14)8(15)9(16-5)11-2-1-6(13)10-4-11/h1-2,4-5,7-9,12,14-15H,3H2. The molecule has 88 valence electrons. The summed E-state index contributed by atoms with van der Waals surface area (Å²) in [5.41, 5.74) is -0.400. The van der Waals surface area contributed by atoms with Gasteiger partial charge in [0.15, 0.2) is 6.23 Å². The van der Waals surface area contributed by atoms with Gasteiger partial charge in [0.1, 0.15) is 24.6 Å². The molecule has 7 heteroatoms. The molecule has 1 fully saturated rings. The van der Waals surface area contributed by atoms with Gasteiger partial charge >= 0.3 is 0 Å². The summed E-state index contributed by atoms with van der Waals surface area (Å²) in [5.74, 6) is 0. The summed E-state index contributed by atoms with van der Waals surface area (Å²) in [4.78, 5) is 14.3. The van der Waals surface area contributed by atoms with Crippen LogP contribution in [0.25, 0.3) is 0 Å². The van der Waals surface area contributed by atoms with Crippen molar-refractivity contribution in [1.82, 2.24) is 9.55 Å². The van der Waals surface area contributed by atoms with Gasteiger partial charge in [0.2, 0.25) is 0 Å². The highest BCUT2D eigenvalue weighted by molar-refractivity contribution is 4.92. The number of aliphatic hydroxyl groups excluding tert-OH is 3. The van der Waals surface area contributed by atoms with Crippen LogP contribution < -0.4 is 5.56 Å². The van der Waals surface area contributed by atoms with Gasteiger partial charge in [-0.3, -0.25) is 4.79 Å². The molecule has 1 saturated heterocycles. The molecule has 0 aliphatic carbocycles. The molecule has 1 aliphatic heterocycles. The van der Waals surface area contributed by atoms with E-state index in [1.165, 1.54) is 23.2 Å². The monoisotopic (exact) mass is 228 g/mol. The topological polar surface area (TPSA) is 105 Å². The van der Waals surface area contributed by atoms with Gasteiger partial charge in [-0.25, -0.2) is 0 Å². The molecule has 1 aromatic rings. The largest absolute Gasteiger partial charge is 0.394 e. The first kappa shape index (κ1) is 11.2. The molecule has 1 aromatic heterocycles. The van der Waals surface area contributed by atoms with E-state index < -0.39 is 30.1 Å². The van der Waals surface area contributed by atoms with Crippen LogP contribution >= 0.6 is 0 Å². The Balaban J connectivity index is 2.22. The Kier molecular flexibility index (Phi) is 3.01. The average molecular weight is 228 g/mol. The Bertz CT molecular complexity index is 400. The highest BCUT2D eigenvalue weighted by atomic mass is 16.6. The number of nitrogens with zero attached hydrogens (tertiary/aromatic N) is 2. The molecule has 7 nitrogen and oxygen atoms in total. The van der Waals surface area contributed by atoms with Crippen LogP contribution in [0, 0.1) is 0 Å². The highest BCUT2D eigenvalue weighted by Gasteiger charge is 2.42. The molecule has 2 heterocycles. The second-order valence-electron chi connectivity index (χ2n) is 3.57. The van der Waals surface area contributed by atoms with Crippen LogP contribution in [0.1, 0.15) is 6.23 Å². The first-order chi connectivity index (χ1) is 7.63. The third-order valence-corrected chi connectivity index (χ3v) is 2.52. The number of ether oxygens (including phenoxy) is 1. The summed E-state index contributed by atoms with van der Waals surface area (Å²) in [6, 6.07) is 1.22. The van der Waals surface area contributed by atoms with E-state index in [1.807, 2.05) is 0 Å². The predicted octanol–water partition coefficient (Wildman–Crippen LogP) is -2.15. The average Bonchev–Trinajstić information content (AvgIpc) is 2.57. The van der Waals surface area contributed by atoms with Gasteiger partial charge in [0.05, 0.1) is 6.61 Å². The molecule has 4 atom stereocenters. The van der Waals surface area contributed by atoms with Gasteiger partial charge in [-0.1, -0.05) is 0 Å². The molecule has 1 aliphatic rings. The minimum Gasteiger partial charge on any atom is -0.394 e. The summed E-state index contributed by atoms with van der Waals surface area (Å²) in [5, 5.41) is 28.1.